The van der Waals surface area contributed by atoms with E-state index in [0.29, 0.717) is 18.1 Å². The summed E-state index contributed by atoms with van der Waals surface area (Å²) in [4.78, 5) is 1.12. The molecule has 1 unspecified atom stereocenters. The van der Waals surface area contributed by atoms with E-state index in [1.807, 2.05) is 24.3 Å². The summed E-state index contributed by atoms with van der Waals surface area (Å²) >= 11 is 1.65. The van der Waals surface area contributed by atoms with Crippen LogP contribution in [0.1, 0.15) is 12.0 Å². The largest absolute Gasteiger partial charge is 0.326 e. The summed E-state index contributed by atoms with van der Waals surface area (Å²) in [5.41, 5.74) is 6.65. The first-order valence-electron chi connectivity index (χ1n) is 5.25. The second kappa shape index (κ2) is 4.77. The summed E-state index contributed by atoms with van der Waals surface area (Å²) in [6.45, 7) is 0.525. The summed E-state index contributed by atoms with van der Waals surface area (Å²) < 4.78 is 22.6. The maximum Gasteiger partial charge on any atom is 0.151 e. The molecule has 0 spiro atoms. The third kappa shape index (κ3) is 2.99. The topological polar surface area (TPSA) is 60.2 Å². The van der Waals surface area contributed by atoms with Crippen LogP contribution in [-0.4, -0.2) is 25.2 Å². The number of sulfone groups is 1. The van der Waals surface area contributed by atoms with Crippen LogP contribution in [0.5, 0.6) is 0 Å². The average molecular weight is 257 g/mol. The van der Waals surface area contributed by atoms with E-state index in [2.05, 4.69) is 0 Å². The van der Waals surface area contributed by atoms with Crippen LogP contribution in [0.25, 0.3) is 0 Å². The zero-order valence-electron chi connectivity index (χ0n) is 8.93. The molecule has 2 rings (SSSR count). The van der Waals surface area contributed by atoms with Crippen LogP contribution in [0.3, 0.4) is 0 Å². The van der Waals surface area contributed by atoms with E-state index in [0.717, 1.165) is 16.9 Å². The Morgan fingerprint density at radius 2 is 2.25 bits per heavy atom. The number of hydrogen-bond donors (Lipinski definition) is 1. The molecule has 1 atom stereocenters. The normalized spacial score (nSPS) is 23.4. The second-order valence-electron chi connectivity index (χ2n) is 3.99. The van der Waals surface area contributed by atoms with Gasteiger partial charge in [0.2, 0.25) is 0 Å². The summed E-state index contributed by atoms with van der Waals surface area (Å²) in [6.07, 6.45) is 0.764. The molecule has 0 bridgehead atoms. The Kier molecular flexibility index (Phi) is 3.56. The summed E-state index contributed by atoms with van der Waals surface area (Å²) in [7, 11) is -2.78. The summed E-state index contributed by atoms with van der Waals surface area (Å²) in [6, 6.07) is 7.99. The van der Waals surface area contributed by atoms with Crippen molar-refractivity contribution in [3.8, 4) is 0 Å². The highest BCUT2D eigenvalue weighted by Gasteiger charge is 2.28. The standard InChI is InChI=1S/C11H15NO2S2/c12-7-9-2-1-3-10(6-9)15-11-4-5-16(13,14)8-11/h1-3,6,11H,4-5,7-8,12H2. The van der Waals surface area contributed by atoms with Gasteiger partial charge < -0.3 is 5.73 Å². The fourth-order valence-electron chi connectivity index (χ4n) is 1.79. The van der Waals surface area contributed by atoms with Gasteiger partial charge in [0.05, 0.1) is 11.5 Å². The Balaban J connectivity index is 2.04. The first-order valence-corrected chi connectivity index (χ1v) is 7.95. The van der Waals surface area contributed by atoms with Crippen molar-refractivity contribution in [1.29, 1.82) is 0 Å². The minimum absolute atomic E-state index is 0.207. The Labute approximate surface area is 100 Å². The fraction of sp³-hybridized carbons (Fsp3) is 0.455. The third-order valence-electron chi connectivity index (χ3n) is 2.63. The molecule has 3 nitrogen and oxygen atoms in total. The average Bonchev–Trinajstić information content (AvgIpc) is 2.58. The van der Waals surface area contributed by atoms with E-state index >= 15 is 0 Å². The Morgan fingerprint density at radius 1 is 1.44 bits per heavy atom. The smallest absolute Gasteiger partial charge is 0.151 e. The molecule has 0 amide bonds. The molecule has 0 aliphatic carbocycles. The predicted octanol–water partition coefficient (Wildman–Crippen LogP) is 1.42. The van der Waals surface area contributed by atoms with Gasteiger partial charge in [0, 0.05) is 16.7 Å². The van der Waals surface area contributed by atoms with E-state index in [9.17, 15) is 8.42 Å². The quantitative estimate of drug-likeness (QED) is 0.889. The van der Waals surface area contributed by atoms with Crippen LogP contribution < -0.4 is 5.73 Å². The minimum Gasteiger partial charge on any atom is -0.326 e. The molecule has 1 saturated heterocycles. The second-order valence-corrected chi connectivity index (χ2v) is 7.60. The molecule has 2 N–H and O–H groups in total. The fourth-order valence-corrected chi connectivity index (χ4v) is 5.38. The van der Waals surface area contributed by atoms with E-state index in [1.165, 1.54) is 0 Å². The monoisotopic (exact) mass is 257 g/mol. The van der Waals surface area contributed by atoms with Gasteiger partial charge in [-0.1, -0.05) is 12.1 Å². The van der Waals surface area contributed by atoms with Crippen LogP contribution in [0.4, 0.5) is 0 Å². The van der Waals surface area contributed by atoms with E-state index in [1.54, 1.807) is 11.8 Å². The van der Waals surface area contributed by atoms with Gasteiger partial charge in [-0.05, 0) is 24.1 Å². The van der Waals surface area contributed by atoms with Crippen molar-refractivity contribution in [2.45, 2.75) is 23.1 Å². The molecule has 0 saturated carbocycles. The van der Waals surface area contributed by atoms with Gasteiger partial charge in [-0.15, -0.1) is 11.8 Å². The molecule has 1 aromatic carbocycles. The van der Waals surface area contributed by atoms with Gasteiger partial charge in [-0.2, -0.15) is 0 Å². The molecule has 0 aromatic heterocycles. The van der Waals surface area contributed by atoms with Gasteiger partial charge in [0.15, 0.2) is 9.84 Å². The third-order valence-corrected chi connectivity index (χ3v) is 5.87. The van der Waals surface area contributed by atoms with E-state index in [-0.39, 0.29) is 5.25 Å². The number of rotatable bonds is 3. The van der Waals surface area contributed by atoms with Crippen LogP contribution in [0.2, 0.25) is 0 Å². The van der Waals surface area contributed by atoms with Crippen molar-refractivity contribution < 1.29 is 8.42 Å². The van der Waals surface area contributed by atoms with Crippen LogP contribution in [-0.2, 0) is 16.4 Å². The number of benzene rings is 1. The van der Waals surface area contributed by atoms with Crippen LogP contribution in [0, 0.1) is 0 Å². The Bertz CT molecular complexity index is 471. The zero-order chi connectivity index (χ0) is 11.6. The molecule has 1 fully saturated rings. The summed E-state index contributed by atoms with van der Waals surface area (Å²) in [5.74, 6) is 0.645. The van der Waals surface area contributed by atoms with Crippen molar-refractivity contribution in [2.75, 3.05) is 11.5 Å². The molecular formula is C11H15NO2S2. The predicted molar refractivity (Wildman–Crippen MR) is 67.2 cm³/mol. The van der Waals surface area contributed by atoms with Crippen molar-refractivity contribution in [3.05, 3.63) is 29.8 Å². The first-order chi connectivity index (χ1) is 7.59. The SMILES string of the molecule is NCc1cccc(SC2CCS(=O)(=O)C2)c1. The van der Waals surface area contributed by atoms with Crippen molar-refractivity contribution >= 4 is 21.6 Å². The van der Waals surface area contributed by atoms with E-state index in [4.69, 9.17) is 5.73 Å². The van der Waals surface area contributed by atoms with Gasteiger partial charge in [0.1, 0.15) is 0 Å². The molecule has 16 heavy (non-hydrogen) atoms. The van der Waals surface area contributed by atoms with Gasteiger partial charge in [-0.3, -0.25) is 0 Å². The number of thioether (sulfide) groups is 1. The Hall–Kier alpha value is -0.520. The van der Waals surface area contributed by atoms with Crippen molar-refractivity contribution in [3.63, 3.8) is 0 Å². The molecule has 88 valence electrons. The molecule has 0 radical (unpaired) electrons. The maximum atomic E-state index is 11.3. The summed E-state index contributed by atoms with van der Waals surface area (Å²) in [5, 5.41) is 0.207. The van der Waals surface area contributed by atoms with Crippen LogP contribution in [0.15, 0.2) is 29.2 Å². The lowest BCUT2D eigenvalue weighted by Gasteiger charge is -2.08. The molecule has 1 aromatic rings. The number of hydrogen-bond acceptors (Lipinski definition) is 4. The lowest BCUT2D eigenvalue weighted by atomic mass is 10.2. The lowest BCUT2D eigenvalue weighted by molar-refractivity contribution is 0.602. The van der Waals surface area contributed by atoms with Gasteiger partial charge >= 0.3 is 0 Å². The Morgan fingerprint density at radius 3 is 2.88 bits per heavy atom. The molecule has 1 heterocycles. The minimum atomic E-state index is -2.78. The molecular weight excluding hydrogens is 242 g/mol. The van der Waals surface area contributed by atoms with Crippen molar-refractivity contribution in [2.24, 2.45) is 5.73 Å². The lowest BCUT2D eigenvalue weighted by Crippen LogP contribution is -2.06. The molecule has 5 heteroatoms. The van der Waals surface area contributed by atoms with Gasteiger partial charge in [-0.25, -0.2) is 8.42 Å². The van der Waals surface area contributed by atoms with Crippen molar-refractivity contribution in [1.82, 2.24) is 0 Å². The van der Waals surface area contributed by atoms with Crippen LogP contribution >= 0.6 is 11.8 Å². The zero-order valence-corrected chi connectivity index (χ0v) is 10.6. The highest BCUT2D eigenvalue weighted by atomic mass is 32.2. The maximum absolute atomic E-state index is 11.3. The molecule has 1 aliphatic heterocycles. The highest BCUT2D eigenvalue weighted by molar-refractivity contribution is 8.01. The first kappa shape index (κ1) is 12.0. The highest BCUT2D eigenvalue weighted by Crippen LogP contribution is 2.31. The molecule has 1 aliphatic rings. The van der Waals surface area contributed by atoms with Gasteiger partial charge in [0.25, 0.3) is 0 Å². The number of nitrogens with two attached hydrogens (primary N) is 1. The van der Waals surface area contributed by atoms with E-state index < -0.39 is 9.84 Å².